The van der Waals surface area contributed by atoms with Crippen LogP contribution in [-0.2, 0) is 47.4 Å². The van der Waals surface area contributed by atoms with Crippen LogP contribution in [0.2, 0.25) is 0 Å². The first-order chi connectivity index (χ1) is 1.00. The molecule has 0 aromatic rings. The maximum absolute atomic E-state index is 7.81. The van der Waals surface area contributed by atoms with Gasteiger partial charge in [-0.3, -0.25) is 0 Å². The van der Waals surface area contributed by atoms with E-state index in [0.717, 1.165) is 0 Å². The predicted octanol–water partition coefficient (Wildman–Crippen LogP) is -1.27. The normalized spacial score (nSPS) is 1.00. The van der Waals surface area contributed by atoms with Gasteiger partial charge in [0.05, 0.1) is 0 Å². The van der Waals surface area contributed by atoms with Crippen molar-refractivity contribution in [2.75, 3.05) is 0 Å². The van der Waals surface area contributed by atoms with E-state index >= 15 is 0 Å². The van der Waals surface area contributed by atoms with Crippen molar-refractivity contribution in [3.8, 4) is 0 Å². The number of hydrogen-bond acceptors (Lipinski definition) is 1. The Balaban J connectivity index is -0.000000000833. The van der Waals surface area contributed by atoms with Gasteiger partial charge in [-0.15, -0.1) is 0 Å². The third kappa shape index (κ3) is 22.7. The molecule has 25 valence electrons. The molecule has 0 aliphatic rings. The van der Waals surface area contributed by atoms with Crippen LogP contribution >= 0.6 is 0 Å². The molecular weight excluding hydrogens is 545 g/mol. The molecule has 0 aromatic carbocycles. The summed E-state index contributed by atoms with van der Waals surface area (Å²) in [6.45, 7) is 0. The Kier molecular flexibility index (Phi) is 156. The molecule has 0 atom stereocenters. The molecule has 0 amide bonds. The van der Waals surface area contributed by atoms with E-state index in [4.69, 9.17) is 3.83 Å². The molecule has 0 saturated carbocycles. The van der Waals surface area contributed by atoms with Crippen LogP contribution in [0.15, 0.2) is 0 Å². The van der Waals surface area contributed by atoms with E-state index in [9.17, 15) is 0 Å². The molecule has 6 radical (unpaired) electrons. The zero-order valence-corrected chi connectivity index (χ0v) is 20.1. The SMILES string of the molecule is [Ba].[Ca].[Hg].[O]=[Cu].[Sr]. The van der Waals surface area contributed by atoms with Gasteiger partial charge in [0.1, 0.15) is 0 Å². The first-order valence-electron chi connectivity index (χ1n) is 0.123. The van der Waals surface area contributed by atoms with Crippen LogP contribution in [0.5, 0.6) is 0 Å². The minimum Gasteiger partial charge on any atom is 0 e. The van der Waals surface area contributed by atoms with Crippen LogP contribution in [-0.4, -0.2) is 132 Å². The Hall–Kier alpha value is 5.57. The molecule has 0 heterocycles. The quantitative estimate of drug-likeness (QED) is 0.348. The summed E-state index contributed by atoms with van der Waals surface area (Å²) in [5, 5.41) is 0. The third-order valence-corrected chi connectivity index (χ3v) is 0. The van der Waals surface area contributed by atoms with Crippen LogP contribution in [0.1, 0.15) is 0 Å². The minimum atomic E-state index is 0. The average molecular weight is 545 g/mol. The van der Waals surface area contributed by atoms with E-state index < -0.39 is 0 Å². The average Bonchev–Trinajstić information content (AvgIpc) is 1.00. The van der Waals surface area contributed by atoms with E-state index in [0.29, 0.717) is 0 Å². The van der Waals surface area contributed by atoms with Gasteiger partial charge in [0.2, 0.25) is 0 Å². The molecule has 0 rings (SSSR count). The van der Waals surface area contributed by atoms with Gasteiger partial charge in [-0.05, 0) is 0 Å². The molecule has 6 heavy (non-hydrogen) atoms. The molecule has 0 saturated heterocycles. The molecule has 0 N–H and O–H groups in total. The first kappa shape index (κ1) is 30.0. The Morgan fingerprint density at radius 1 is 1.17 bits per heavy atom. The molecule has 1 nitrogen and oxygen atoms in total. The second kappa shape index (κ2) is 31.2. The second-order valence-corrected chi connectivity index (χ2v) is 0. The Labute approximate surface area is 173 Å². The van der Waals surface area contributed by atoms with Crippen LogP contribution in [0, 0.1) is 0 Å². The largest absolute Gasteiger partial charge is 0 e. The van der Waals surface area contributed by atoms with Crippen molar-refractivity contribution >= 4 is 132 Å². The summed E-state index contributed by atoms with van der Waals surface area (Å²) in [5.41, 5.74) is 0. The summed E-state index contributed by atoms with van der Waals surface area (Å²) in [4.78, 5) is 0. The van der Waals surface area contributed by atoms with Crippen molar-refractivity contribution in [1.29, 1.82) is 0 Å². The summed E-state index contributed by atoms with van der Waals surface area (Å²) in [5.74, 6) is 0. The van der Waals surface area contributed by atoms with Crippen molar-refractivity contribution in [3.05, 3.63) is 0 Å². The fraction of sp³-hybridized carbons (Fsp3) is 0. The summed E-state index contributed by atoms with van der Waals surface area (Å²) in [6, 6.07) is 0. The fourth-order valence-corrected chi connectivity index (χ4v) is 0. The zero-order valence-electron chi connectivity index (χ0n) is 3.54. The minimum absolute atomic E-state index is 0. The Morgan fingerprint density at radius 3 is 1.17 bits per heavy atom. The van der Waals surface area contributed by atoms with E-state index in [1.807, 2.05) is 0 Å². The molecular formula is BaCaCuHgOSr. The van der Waals surface area contributed by atoms with Crippen molar-refractivity contribution in [2.45, 2.75) is 0 Å². The molecule has 0 aliphatic heterocycles. The van der Waals surface area contributed by atoms with E-state index in [1.54, 1.807) is 0 Å². The summed E-state index contributed by atoms with van der Waals surface area (Å²) in [6.07, 6.45) is 0. The van der Waals surface area contributed by atoms with Crippen molar-refractivity contribution in [1.82, 2.24) is 0 Å². The molecule has 0 aliphatic carbocycles. The van der Waals surface area contributed by atoms with Crippen LogP contribution in [0.25, 0.3) is 0 Å². The van der Waals surface area contributed by atoms with E-state index in [2.05, 4.69) is 15.9 Å². The summed E-state index contributed by atoms with van der Waals surface area (Å²) >= 11 is 2.94. The fourth-order valence-electron chi connectivity index (χ4n) is 0. The predicted molar refractivity (Wildman–Crippen MR) is 17.9 cm³/mol. The van der Waals surface area contributed by atoms with Crippen molar-refractivity contribution in [3.63, 3.8) is 0 Å². The maximum atomic E-state index is 7.81. The van der Waals surface area contributed by atoms with Gasteiger partial charge in [-0.1, -0.05) is 0 Å². The monoisotopic (exact) mass is 547 g/mol. The smallest absolute Gasteiger partial charge is 0 e. The van der Waals surface area contributed by atoms with Gasteiger partial charge < -0.3 is 0 Å². The maximum Gasteiger partial charge on any atom is 0 e. The molecule has 6 heteroatoms. The molecule has 0 unspecified atom stereocenters. The molecule has 0 bridgehead atoms. The summed E-state index contributed by atoms with van der Waals surface area (Å²) < 4.78 is 7.81. The molecule has 0 fully saturated rings. The van der Waals surface area contributed by atoms with Gasteiger partial charge in [0.15, 0.2) is 0 Å². The van der Waals surface area contributed by atoms with Gasteiger partial charge >= 0.3 is 19.8 Å². The third-order valence-electron chi connectivity index (χ3n) is 0. The standard InChI is InChI=1S/Ba.Ca.Cu.Hg.O.Sr. The van der Waals surface area contributed by atoms with Gasteiger partial charge in [-0.2, -0.15) is 0 Å². The summed E-state index contributed by atoms with van der Waals surface area (Å²) in [7, 11) is 0. The number of rotatable bonds is 0. The Bertz CT molecular complexity index is 15.5. The number of hydrogen-bond donors (Lipinski definition) is 0. The zero-order chi connectivity index (χ0) is 2.00. The Morgan fingerprint density at radius 2 is 1.17 bits per heavy atom. The van der Waals surface area contributed by atoms with Crippen LogP contribution in [0.4, 0.5) is 0 Å². The van der Waals surface area contributed by atoms with E-state index in [1.165, 1.54) is 0 Å². The topological polar surface area (TPSA) is 17.1 Å². The molecule has 0 spiro atoms. The van der Waals surface area contributed by atoms with Gasteiger partial charge in [0, 0.05) is 160 Å². The van der Waals surface area contributed by atoms with Crippen molar-refractivity contribution in [2.24, 2.45) is 0 Å². The van der Waals surface area contributed by atoms with Gasteiger partial charge in [0.25, 0.3) is 0 Å². The second-order valence-electron chi connectivity index (χ2n) is 0. The first-order valence-corrected chi connectivity index (χ1v) is 0.508. The van der Waals surface area contributed by atoms with Crippen molar-refractivity contribution < 1.29 is 47.4 Å². The van der Waals surface area contributed by atoms with Crippen LogP contribution in [0.3, 0.4) is 0 Å². The molecule has 0 aromatic heterocycles. The van der Waals surface area contributed by atoms with E-state index in [-0.39, 0.29) is 160 Å². The van der Waals surface area contributed by atoms with Gasteiger partial charge in [-0.25, -0.2) is 0 Å². The van der Waals surface area contributed by atoms with Crippen LogP contribution < -0.4 is 0 Å².